The Hall–Kier alpha value is -0.840. The van der Waals surface area contributed by atoms with Crippen LogP contribution in [0.2, 0.25) is 5.02 Å². The number of hydrogen-bond acceptors (Lipinski definition) is 3. The van der Waals surface area contributed by atoms with Crippen molar-refractivity contribution in [2.45, 2.75) is 39.4 Å². The van der Waals surface area contributed by atoms with Crippen LogP contribution in [0.4, 0.5) is 10.1 Å². The lowest BCUT2D eigenvalue weighted by Crippen LogP contribution is -2.27. The third-order valence-corrected chi connectivity index (χ3v) is 3.17. The van der Waals surface area contributed by atoms with Crippen molar-refractivity contribution in [3.8, 4) is 0 Å². The predicted molar refractivity (Wildman–Crippen MR) is 80.8 cm³/mol. The summed E-state index contributed by atoms with van der Waals surface area (Å²) in [7, 11) is 0. The van der Waals surface area contributed by atoms with Crippen molar-refractivity contribution >= 4 is 17.3 Å². The van der Waals surface area contributed by atoms with E-state index in [4.69, 9.17) is 16.3 Å². The van der Waals surface area contributed by atoms with Crippen LogP contribution in [0.3, 0.4) is 0 Å². The second-order valence-corrected chi connectivity index (χ2v) is 5.81. The van der Waals surface area contributed by atoms with Gasteiger partial charge in [-0.2, -0.15) is 0 Å². The number of hydrogen-bond donors (Lipinski definition) is 2. The van der Waals surface area contributed by atoms with E-state index >= 15 is 0 Å². The number of aliphatic hydroxyl groups excluding tert-OH is 1. The van der Waals surface area contributed by atoms with Gasteiger partial charge in [0.15, 0.2) is 0 Å². The molecule has 1 rings (SSSR count). The molecule has 2 N–H and O–H groups in total. The Labute approximate surface area is 125 Å². The minimum Gasteiger partial charge on any atom is -0.389 e. The Morgan fingerprint density at radius 2 is 2.05 bits per heavy atom. The summed E-state index contributed by atoms with van der Waals surface area (Å²) >= 11 is 5.88. The van der Waals surface area contributed by atoms with Gasteiger partial charge in [-0.05, 0) is 31.4 Å². The second kappa shape index (κ2) is 8.45. The Bertz CT molecular complexity index is 395. The van der Waals surface area contributed by atoms with Gasteiger partial charge in [0.1, 0.15) is 5.82 Å². The van der Waals surface area contributed by atoms with E-state index in [1.54, 1.807) is 6.07 Å². The number of rotatable bonds is 8. The van der Waals surface area contributed by atoms with Crippen molar-refractivity contribution in [3.05, 3.63) is 29.0 Å². The molecule has 0 aliphatic carbocycles. The average molecular weight is 304 g/mol. The summed E-state index contributed by atoms with van der Waals surface area (Å²) in [6.45, 7) is 6.63. The zero-order valence-electron chi connectivity index (χ0n) is 12.2. The van der Waals surface area contributed by atoms with Gasteiger partial charge in [0.25, 0.3) is 0 Å². The molecule has 5 heteroatoms. The van der Waals surface area contributed by atoms with E-state index in [0.29, 0.717) is 10.9 Å². The normalized spacial score (nSPS) is 14.3. The molecular weight excluding hydrogens is 281 g/mol. The van der Waals surface area contributed by atoms with Gasteiger partial charge < -0.3 is 15.2 Å². The molecule has 0 saturated carbocycles. The van der Waals surface area contributed by atoms with Crippen molar-refractivity contribution in [3.63, 3.8) is 0 Å². The van der Waals surface area contributed by atoms with Gasteiger partial charge in [0.05, 0.1) is 29.5 Å². The first-order valence-corrected chi connectivity index (χ1v) is 7.25. The number of aliphatic hydroxyl groups is 1. The van der Waals surface area contributed by atoms with Crippen LogP contribution in [0.1, 0.15) is 27.2 Å². The summed E-state index contributed by atoms with van der Waals surface area (Å²) in [4.78, 5) is 0. The van der Waals surface area contributed by atoms with Gasteiger partial charge in [-0.25, -0.2) is 4.39 Å². The zero-order chi connectivity index (χ0) is 15.1. The minimum atomic E-state index is -0.708. The Kier molecular flexibility index (Phi) is 7.27. The first-order chi connectivity index (χ1) is 9.40. The number of halogens is 2. The Morgan fingerprint density at radius 3 is 2.65 bits per heavy atom. The number of para-hydroxylation sites is 1. The van der Waals surface area contributed by atoms with E-state index in [1.807, 2.05) is 6.92 Å². The maximum Gasteiger partial charge on any atom is 0.147 e. The molecule has 0 fully saturated rings. The van der Waals surface area contributed by atoms with Gasteiger partial charge in [0, 0.05) is 6.54 Å². The summed E-state index contributed by atoms with van der Waals surface area (Å²) in [5, 5.41) is 12.9. The van der Waals surface area contributed by atoms with Gasteiger partial charge in [-0.3, -0.25) is 0 Å². The molecular formula is C15H23ClFNO2. The van der Waals surface area contributed by atoms with E-state index in [0.717, 1.165) is 6.42 Å². The summed E-state index contributed by atoms with van der Waals surface area (Å²) in [5.74, 6) is 0.122. The quantitative estimate of drug-likeness (QED) is 0.769. The highest BCUT2D eigenvalue weighted by molar-refractivity contribution is 6.33. The van der Waals surface area contributed by atoms with Crippen LogP contribution >= 0.6 is 11.6 Å². The predicted octanol–water partition coefficient (Wildman–Crippen LogP) is 3.70. The van der Waals surface area contributed by atoms with E-state index in [9.17, 15) is 9.50 Å². The molecule has 2 unspecified atom stereocenters. The van der Waals surface area contributed by atoms with Crippen molar-refractivity contribution in [1.29, 1.82) is 0 Å². The highest BCUT2D eigenvalue weighted by Gasteiger charge is 2.12. The minimum absolute atomic E-state index is 0.0988. The molecule has 1 aromatic rings. The van der Waals surface area contributed by atoms with Crippen molar-refractivity contribution in [2.24, 2.45) is 5.92 Å². The number of ether oxygens (including phenoxy) is 1. The molecule has 3 nitrogen and oxygen atoms in total. The van der Waals surface area contributed by atoms with Crippen LogP contribution in [-0.4, -0.2) is 30.5 Å². The molecule has 114 valence electrons. The lowest BCUT2D eigenvalue weighted by atomic mass is 10.1. The molecule has 1 aromatic carbocycles. The summed E-state index contributed by atoms with van der Waals surface area (Å²) in [6, 6.07) is 4.46. The SMILES string of the molecule is CC(C)CC(C)OCC(O)CNc1c(F)cccc1Cl. The van der Waals surface area contributed by atoms with Crippen LogP contribution in [-0.2, 0) is 4.74 Å². The molecule has 0 aromatic heterocycles. The van der Waals surface area contributed by atoms with E-state index in [2.05, 4.69) is 19.2 Å². The number of nitrogens with one attached hydrogen (secondary N) is 1. The Balaban J connectivity index is 2.35. The lowest BCUT2D eigenvalue weighted by molar-refractivity contribution is -0.00445. The number of benzene rings is 1. The van der Waals surface area contributed by atoms with Crippen molar-refractivity contribution in [2.75, 3.05) is 18.5 Å². The summed E-state index contributed by atoms with van der Waals surface area (Å²) in [6.07, 6.45) is 0.334. The molecule has 0 heterocycles. The molecule has 2 atom stereocenters. The highest BCUT2D eigenvalue weighted by Crippen LogP contribution is 2.24. The van der Waals surface area contributed by atoms with Crippen LogP contribution in [0.25, 0.3) is 0 Å². The van der Waals surface area contributed by atoms with Gasteiger partial charge in [0.2, 0.25) is 0 Å². The molecule has 0 spiro atoms. The second-order valence-electron chi connectivity index (χ2n) is 5.40. The maximum atomic E-state index is 13.5. The van der Waals surface area contributed by atoms with Crippen molar-refractivity contribution in [1.82, 2.24) is 0 Å². The molecule has 0 saturated heterocycles. The van der Waals surface area contributed by atoms with Gasteiger partial charge in [-0.15, -0.1) is 0 Å². The molecule has 0 bridgehead atoms. The fraction of sp³-hybridized carbons (Fsp3) is 0.600. The van der Waals surface area contributed by atoms with Crippen LogP contribution in [0.5, 0.6) is 0 Å². The zero-order valence-corrected chi connectivity index (χ0v) is 13.0. The third kappa shape index (κ3) is 6.07. The van der Waals surface area contributed by atoms with Gasteiger partial charge >= 0.3 is 0 Å². The molecule has 0 aliphatic rings. The first-order valence-electron chi connectivity index (χ1n) is 6.87. The summed E-state index contributed by atoms with van der Waals surface area (Å²) in [5.41, 5.74) is 0.212. The summed E-state index contributed by atoms with van der Waals surface area (Å²) < 4.78 is 19.0. The first kappa shape index (κ1) is 17.2. The highest BCUT2D eigenvalue weighted by atomic mass is 35.5. The average Bonchev–Trinajstić information content (AvgIpc) is 2.35. The third-order valence-electron chi connectivity index (χ3n) is 2.85. The number of anilines is 1. The monoisotopic (exact) mass is 303 g/mol. The fourth-order valence-corrected chi connectivity index (χ4v) is 2.18. The molecule has 0 amide bonds. The standard InChI is InChI=1S/C15H23ClFNO2/c1-10(2)7-11(3)20-9-12(19)8-18-15-13(16)5-4-6-14(15)17/h4-6,10-12,18-19H,7-9H2,1-3H3. The van der Waals surface area contributed by atoms with E-state index < -0.39 is 11.9 Å². The largest absolute Gasteiger partial charge is 0.389 e. The lowest BCUT2D eigenvalue weighted by Gasteiger charge is -2.19. The fourth-order valence-electron chi connectivity index (χ4n) is 1.95. The Morgan fingerprint density at radius 1 is 1.35 bits per heavy atom. The van der Waals surface area contributed by atoms with E-state index in [1.165, 1.54) is 12.1 Å². The van der Waals surface area contributed by atoms with E-state index in [-0.39, 0.29) is 24.9 Å². The molecule has 0 aliphatic heterocycles. The molecule has 0 radical (unpaired) electrons. The van der Waals surface area contributed by atoms with Crippen molar-refractivity contribution < 1.29 is 14.2 Å². The van der Waals surface area contributed by atoms with Crippen LogP contribution in [0.15, 0.2) is 18.2 Å². The smallest absolute Gasteiger partial charge is 0.147 e. The van der Waals surface area contributed by atoms with Crippen LogP contribution in [0, 0.1) is 11.7 Å². The topological polar surface area (TPSA) is 41.5 Å². The van der Waals surface area contributed by atoms with Gasteiger partial charge in [-0.1, -0.05) is 31.5 Å². The maximum absolute atomic E-state index is 13.5. The van der Waals surface area contributed by atoms with Crippen LogP contribution < -0.4 is 5.32 Å². The molecule has 20 heavy (non-hydrogen) atoms.